The summed E-state index contributed by atoms with van der Waals surface area (Å²) in [6, 6.07) is 13.0. The zero-order chi connectivity index (χ0) is 14.5. The largest absolute Gasteiger partial charge is 0.306 e. The quantitative estimate of drug-likeness (QED) is 0.811. The van der Waals surface area contributed by atoms with E-state index in [1.807, 2.05) is 18.2 Å². The summed E-state index contributed by atoms with van der Waals surface area (Å²) in [5.74, 6) is -0.163. The molecule has 0 heterocycles. The molecule has 2 rings (SSSR count). The standard InChI is InChI=1S/C17H19BrFN/c1-3-10-20-17(15-6-4-5-7-16(15)19)14-9-8-13(18)11-12(14)2/h4-9,11,17,20H,3,10H2,1-2H3. The summed E-state index contributed by atoms with van der Waals surface area (Å²) < 4.78 is 15.2. The van der Waals surface area contributed by atoms with Crippen molar-refractivity contribution in [1.29, 1.82) is 0 Å². The van der Waals surface area contributed by atoms with Crippen LogP contribution >= 0.6 is 15.9 Å². The Labute approximate surface area is 128 Å². The van der Waals surface area contributed by atoms with E-state index in [4.69, 9.17) is 0 Å². The van der Waals surface area contributed by atoms with E-state index in [9.17, 15) is 4.39 Å². The predicted molar refractivity (Wildman–Crippen MR) is 85.4 cm³/mol. The third kappa shape index (κ3) is 3.47. The number of nitrogens with one attached hydrogen (secondary N) is 1. The maximum Gasteiger partial charge on any atom is 0.128 e. The van der Waals surface area contributed by atoms with Crippen LogP contribution in [-0.2, 0) is 0 Å². The highest BCUT2D eigenvalue weighted by Gasteiger charge is 2.18. The van der Waals surface area contributed by atoms with E-state index in [2.05, 4.69) is 47.2 Å². The van der Waals surface area contributed by atoms with Crippen LogP contribution in [0.4, 0.5) is 4.39 Å². The second kappa shape index (κ2) is 7.00. The van der Waals surface area contributed by atoms with Gasteiger partial charge < -0.3 is 5.32 Å². The molecule has 0 bridgehead atoms. The molecule has 0 aliphatic carbocycles. The van der Waals surface area contributed by atoms with E-state index in [1.165, 1.54) is 6.07 Å². The van der Waals surface area contributed by atoms with Crippen molar-refractivity contribution in [2.75, 3.05) is 6.54 Å². The summed E-state index contributed by atoms with van der Waals surface area (Å²) >= 11 is 3.47. The Balaban J connectivity index is 2.44. The van der Waals surface area contributed by atoms with Crippen molar-refractivity contribution in [2.45, 2.75) is 26.3 Å². The summed E-state index contributed by atoms with van der Waals surface area (Å²) in [6.45, 7) is 5.02. The monoisotopic (exact) mass is 335 g/mol. The second-order valence-electron chi connectivity index (χ2n) is 4.91. The smallest absolute Gasteiger partial charge is 0.128 e. The number of hydrogen-bond donors (Lipinski definition) is 1. The van der Waals surface area contributed by atoms with Crippen molar-refractivity contribution in [3.63, 3.8) is 0 Å². The van der Waals surface area contributed by atoms with Crippen molar-refractivity contribution >= 4 is 15.9 Å². The maximum absolute atomic E-state index is 14.1. The fourth-order valence-electron chi connectivity index (χ4n) is 2.35. The molecule has 0 radical (unpaired) electrons. The van der Waals surface area contributed by atoms with Gasteiger partial charge in [0.05, 0.1) is 6.04 Å². The fraction of sp³-hybridized carbons (Fsp3) is 0.294. The molecule has 0 aliphatic rings. The number of benzene rings is 2. The van der Waals surface area contributed by atoms with Crippen molar-refractivity contribution in [3.8, 4) is 0 Å². The van der Waals surface area contributed by atoms with Crippen LogP contribution in [0, 0.1) is 12.7 Å². The summed E-state index contributed by atoms with van der Waals surface area (Å²) in [5.41, 5.74) is 2.97. The first-order chi connectivity index (χ1) is 9.63. The molecular formula is C17H19BrFN. The van der Waals surface area contributed by atoms with Crippen LogP contribution in [0.5, 0.6) is 0 Å². The van der Waals surface area contributed by atoms with Crippen LogP contribution in [0.3, 0.4) is 0 Å². The highest BCUT2D eigenvalue weighted by Crippen LogP contribution is 2.28. The predicted octanol–water partition coefficient (Wildman–Crippen LogP) is 4.99. The molecule has 0 aromatic heterocycles. The van der Waals surface area contributed by atoms with Crippen LogP contribution in [0.2, 0.25) is 0 Å². The van der Waals surface area contributed by atoms with Gasteiger partial charge in [-0.1, -0.05) is 47.1 Å². The minimum Gasteiger partial charge on any atom is -0.306 e. The van der Waals surface area contributed by atoms with E-state index < -0.39 is 0 Å². The Morgan fingerprint density at radius 3 is 2.55 bits per heavy atom. The first-order valence-corrected chi connectivity index (χ1v) is 7.66. The van der Waals surface area contributed by atoms with Gasteiger partial charge in [0.2, 0.25) is 0 Å². The van der Waals surface area contributed by atoms with Crippen LogP contribution in [0.15, 0.2) is 46.9 Å². The third-order valence-corrected chi connectivity index (χ3v) is 3.85. The average molecular weight is 336 g/mol. The Morgan fingerprint density at radius 1 is 1.15 bits per heavy atom. The summed E-state index contributed by atoms with van der Waals surface area (Å²) in [6.07, 6.45) is 1.01. The molecule has 2 aromatic carbocycles. The van der Waals surface area contributed by atoms with Gasteiger partial charge in [0.1, 0.15) is 5.82 Å². The highest BCUT2D eigenvalue weighted by atomic mass is 79.9. The topological polar surface area (TPSA) is 12.0 Å². The molecule has 1 nitrogen and oxygen atoms in total. The van der Waals surface area contributed by atoms with Crippen molar-refractivity contribution in [2.24, 2.45) is 0 Å². The average Bonchev–Trinajstić information content (AvgIpc) is 2.42. The number of hydrogen-bond acceptors (Lipinski definition) is 1. The van der Waals surface area contributed by atoms with Gasteiger partial charge >= 0.3 is 0 Å². The van der Waals surface area contributed by atoms with E-state index in [0.717, 1.165) is 28.6 Å². The van der Waals surface area contributed by atoms with Crippen molar-refractivity contribution in [3.05, 3.63) is 69.4 Å². The molecule has 3 heteroatoms. The Bertz CT molecular complexity index is 583. The Morgan fingerprint density at radius 2 is 1.90 bits per heavy atom. The lowest BCUT2D eigenvalue weighted by atomic mass is 9.94. The zero-order valence-corrected chi connectivity index (χ0v) is 13.4. The van der Waals surface area contributed by atoms with E-state index >= 15 is 0 Å². The minimum absolute atomic E-state index is 0.107. The molecular weight excluding hydrogens is 317 g/mol. The molecule has 1 unspecified atom stereocenters. The lowest BCUT2D eigenvalue weighted by Crippen LogP contribution is -2.24. The first kappa shape index (κ1) is 15.2. The van der Waals surface area contributed by atoms with Gasteiger partial charge in [-0.15, -0.1) is 0 Å². The summed E-state index contributed by atoms with van der Waals surface area (Å²) in [5, 5.41) is 3.45. The van der Waals surface area contributed by atoms with Gasteiger partial charge in [0.25, 0.3) is 0 Å². The van der Waals surface area contributed by atoms with Crippen molar-refractivity contribution in [1.82, 2.24) is 5.32 Å². The molecule has 0 aliphatic heterocycles. The molecule has 0 amide bonds. The molecule has 106 valence electrons. The van der Waals surface area contributed by atoms with Gasteiger partial charge in [-0.2, -0.15) is 0 Å². The van der Waals surface area contributed by atoms with E-state index in [1.54, 1.807) is 6.07 Å². The van der Waals surface area contributed by atoms with Gasteiger partial charge in [0.15, 0.2) is 0 Å². The third-order valence-electron chi connectivity index (χ3n) is 3.36. The van der Waals surface area contributed by atoms with Crippen molar-refractivity contribution < 1.29 is 4.39 Å². The van der Waals surface area contributed by atoms with Gasteiger partial charge in [0, 0.05) is 10.0 Å². The number of aryl methyl sites for hydroxylation is 1. The number of halogens is 2. The molecule has 0 saturated carbocycles. The summed E-state index contributed by atoms with van der Waals surface area (Å²) in [4.78, 5) is 0. The zero-order valence-electron chi connectivity index (χ0n) is 11.8. The maximum atomic E-state index is 14.1. The Kier molecular flexibility index (Phi) is 5.32. The lowest BCUT2D eigenvalue weighted by Gasteiger charge is -2.22. The van der Waals surface area contributed by atoms with Crippen LogP contribution in [0.1, 0.15) is 36.1 Å². The van der Waals surface area contributed by atoms with Gasteiger partial charge in [-0.25, -0.2) is 4.39 Å². The summed E-state index contributed by atoms with van der Waals surface area (Å²) in [7, 11) is 0. The van der Waals surface area contributed by atoms with E-state index in [-0.39, 0.29) is 11.9 Å². The van der Waals surface area contributed by atoms with Crippen LogP contribution in [-0.4, -0.2) is 6.54 Å². The fourth-order valence-corrected chi connectivity index (χ4v) is 2.82. The second-order valence-corrected chi connectivity index (χ2v) is 5.83. The number of rotatable bonds is 5. The molecule has 1 N–H and O–H groups in total. The SMILES string of the molecule is CCCNC(c1ccc(Br)cc1C)c1ccccc1F. The molecule has 2 aromatic rings. The first-order valence-electron chi connectivity index (χ1n) is 6.87. The highest BCUT2D eigenvalue weighted by molar-refractivity contribution is 9.10. The van der Waals surface area contributed by atoms with Gasteiger partial charge in [-0.3, -0.25) is 0 Å². The molecule has 1 atom stereocenters. The van der Waals surface area contributed by atoms with Gasteiger partial charge in [-0.05, 0) is 49.2 Å². The van der Waals surface area contributed by atoms with Crippen LogP contribution in [0.25, 0.3) is 0 Å². The lowest BCUT2D eigenvalue weighted by molar-refractivity contribution is 0.545. The molecule has 0 fully saturated rings. The molecule has 0 saturated heterocycles. The molecule has 20 heavy (non-hydrogen) atoms. The Hall–Kier alpha value is -1.19. The molecule has 0 spiro atoms. The normalized spacial score (nSPS) is 12.4. The van der Waals surface area contributed by atoms with Crippen LogP contribution < -0.4 is 5.32 Å². The minimum atomic E-state index is -0.163. The van der Waals surface area contributed by atoms with E-state index in [0.29, 0.717) is 5.56 Å².